The van der Waals surface area contributed by atoms with Gasteiger partial charge in [0.25, 0.3) is 0 Å². The van der Waals surface area contributed by atoms with Crippen molar-refractivity contribution in [3.63, 3.8) is 0 Å². The van der Waals surface area contributed by atoms with Crippen molar-refractivity contribution in [1.29, 1.82) is 0 Å². The summed E-state index contributed by atoms with van der Waals surface area (Å²) in [4.78, 5) is 11.9. The lowest BCUT2D eigenvalue weighted by Gasteiger charge is -2.12. The average Bonchev–Trinajstić information content (AvgIpc) is 2.60. The molecule has 0 aliphatic rings. The van der Waals surface area contributed by atoms with Crippen LogP contribution in [0.4, 0.5) is 13.2 Å². The standard InChI is InChI=1S/C19H18F3NO2/c1-25-17-10-6-5-9-15(17)11-12-23-18(24)13-16(19(20,21)22)14-7-3-2-4-8-14/h2-10,13H,11-12H2,1H3,(H,23,24)/b16-13-. The van der Waals surface area contributed by atoms with Gasteiger partial charge < -0.3 is 10.1 Å². The number of alkyl halides is 3. The highest BCUT2D eigenvalue weighted by atomic mass is 19.4. The van der Waals surface area contributed by atoms with Crippen LogP contribution in [0.5, 0.6) is 5.75 Å². The lowest BCUT2D eigenvalue weighted by molar-refractivity contribution is -0.116. The normalized spacial score (nSPS) is 11.9. The number of benzene rings is 2. The Bertz CT molecular complexity index is 740. The zero-order valence-corrected chi connectivity index (χ0v) is 13.6. The Hall–Kier alpha value is -2.76. The van der Waals surface area contributed by atoms with Gasteiger partial charge in [-0.15, -0.1) is 0 Å². The number of para-hydroxylation sites is 1. The minimum Gasteiger partial charge on any atom is -0.496 e. The molecule has 0 fully saturated rings. The molecule has 0 aromatic heterocycles. The quantitative estimate of drug-likeness (QED) is 0.801. The summed E-state index contributed by atoms with van der Waals surface area (Å²) in [5.74, 6) is -0.112. The highest BCUT2D eigenvalue weighted by Gasteiger charge is 2.35. The minimum atomic E-state index is -4.61. The Morgan fingerprint density at radius 1 is 1.08 bits per heavy atom. The van der Waals surface area contributed by atoms with E-state index in [-0.39, 0.29) is 12.1 Å². The van der Waals surface area contributed by atoms with Crippen LogP contribution in [0, 0.1) is 0 Å². The smallest absolute Gasteiger partial charge is 0.417 e. The van der Waals surface area contributed by atoms with Crippen LogP contribution < -0.4 is 10.1 Å². The molecule has 0 spiro atoms. The van der Waals surface area contributed by atoms with Crippen LogP contribution >= 0.6 is 0 Å². The fourth-order valence-electron chi connectivity index (χ4n) is 2.36. The Labute approximate surface area is 144 Å². The molecular weight excluding hydrogens is 331 g/mol. The van der Waals surface area contributed by atoms with Crippen LogP contribution in [0.15, 0.2) is 60.7 Å². The Kier molecular flexibility index (Phi) is 6.22. The van der Waals surface area contributed by atoms with Gasteiger partial charge in [-0.3, -0.25) is 4.79 Å². The van der Waals surface area contributed by atoms with E-state index in [0.29, 0.717) is 18.2 Å². The van der Waals surface area contributed by atoms with Crippen molar-refractivity contribution in [1.82, 2.24) is 5.32 Å². The number of halogens is 3. The van der Waals surface area contributed by atoms with E-state index < -0.39 is 17.7 Å². The lowest BCUT2D eigenvalue weighted by Crippen LogP contribution is -2.25. The predicted molar refractivity (Wildman–Crippen MR) is 90.2 cm³/mol. The number of nitrogens with one attached hydrogen (secondary N) is 1. The van der Waals surface area contributed by atoms with E-state index in [9.17, 15) is 18.0 Å². The monoisotopic (exact) mass is 349 g/mol. The summed E-state index contributed by atoms with van der Waals surface area (Å²) < 4.78 is 44.8. The molecule has 0 saturated heterocycles. The topological polar surface area (TPSA) is 38.3 Å². The summed E-state index contributed by atoms with van der Waals surface area (Å²) >= 11 is 0. The van der Waals surface area contributed by atoms with Crippen molar-refractivity contribution < 1.29 is 22.7 Å². The van der Waals surface area contributed by atoms with Gasteiger partial charge in [0.1, 0.15) is 5.75 Å². The van der Waals surface area contributed by atoms with E-state index in [1.165, 1.54) is 31.4 Å². The maximum atomic E-state index is 13.2. The number of ether oxygens (including phenoxy) is 1. The van der Waals surface area contributed by atoms with Crippen molar-refractivity contribution in [3.05, 3.63) is 71.8 Å². The van der Waals surface area contributed by atoms with Gasteiger partial charge in [-0.1, -0.05) is 48.5 Å². The van der Waals surface area contributed by atoms with Gasteiger partial charge >= 0.3 is 6.18 Å². The molecule has 0 atom stereocenters. The van der Waals surface area contributed by atoms with Gasteiger partial charge in [0.15, 0.2) is 0 Å². The van der Waals surface area contributed by atoms with E-state index in [4.69, 9.17) is 4.74 Å². The van der Waals surface area contributed by atoms with Gasteiger partial charge in [0.05, 0.1) is 12.7 Å². The third-order valence-corrected chi connectivity index (χ3v) is 3.55. The van der Waals surface area contributed by atoms with E-state index in [1.54, 1.807) is 12.1 Å². The maximum absolute atomic E-state index is 13.2. The van der Waals surface area contributed by atoms with Crippen molar-refractivity contribution in [2.24, 2.45) is 0 Å². The fraction of sp³-hybridized carbons (Fsp3) is 0.211. The molecule has 2 aromatic carbocycles. The molecule has 0 aliphatic carbocycles. The molecule has 1 N–H and O–H groups in total. The number of hydrogen-bond acceptors (Lipinski definition) is 2. The molecule has 25 heavy (non-hydrogen) atoms. The van der Waals surface area contributed by atoms with Gasteiger partial charge in [-0.05, 0) is 23.6 Å². The van der Waals surface area contributed by atoms with E-state index in [0.717, 1.165) is 5.56 Å². The first kappa shape index (κ1) is 18.6. The summed E-state index contributed by atoms with van der Waals surface area (Å²) in [6, 6.07) is 14.5. The van der Waals surface area contributed by atoms with Crippen LogP contribution in [0.3, 0.4) is 0 Å². The van der Waals surface area contributed by atoms with E-state index in [2.05, 4.69) is 5.32 Å². The second-order valence-corrected chi connectivity index (χ2v) is 5.27. The first-order chi connectivity index (χ1) is 11.9. The molecular formula is C19H18F3NO2. The number of rotatable bonds is 6. The number of carbonyl (C=O) groups is 1. The van der Waals surface area contributed by atoms with Crippen LogP contribution in [0.1, 0.15) is 11.1 Å². The summed E-state index contributed by atoms with van der Waals surface area (Å²) in [5.41, 5.74) is -0.147. The van der Waals surface area contributed by atoms with Crippen molar-refractivity contribution >= 4 is 11.5 Å². The van der Waals surface area contributed by atoms with Gasteiger partial charge in [0.2, 0.25) is 5.91 Å². The molecule has 0 heterocycles. The number of methoxy groups -OCH3 is 1. The second kappa shape index (κ2) is 8.37. The zero-order chi connectivity index (χ0) is 18.3. The van der Waals surface area contributed by atoms with E-state index in [1.807, 2.05) is 18.2 Å². The highest BCUT2D eigenvalue weighted by molar-refractivity contribution is 5.96. The first-order valence-corrected chi connectivity index (χ1v) is 7.66. The molecule has 0 radical (unpaired) electrons. The third-order valence-electron chi connectivity index (χ3n) is 3.55. The van der Waals surface area contributed by atoms with Crippen molar-refractivity contribution in [2.45, 2.75) is 12.6 Å². The number of amides is 1. The largest absolute Gasteiger partial charge is 0.496 e. The summed E-state index contributed by atoms with van der Waals surface area (Å²) in [6.07, 6.45) is -3.56. The molecule has 0 bridgehead atoms. The molecule has 3 nitrogen and oxygen atoms in total. The number of hydrogen-bond donors (Lipinski definition) is 1. The van der Waals surface area contributed by atoms with Gasteiger partial charge in [-0.25, -0.2) is 0 Å². The molecule has 0 saturated carbocycles. The van der Waals surface area contributed by atoms with Crippen LogP contribution in [-0.2, 0) is 11.2 Å². The first-order valence-electron chi connectivity index (χ1n) is 7.66. The Morgan fingerprint density at radius 2 is 1.72 bits per heavy atom. The zero-order valence-electron chi connectivity index (χ0n) is 13.6. The molecule has 2 aromatic rings. The van der Waals surface area contributed by atoms with Crippen molar-refractivity contribution in [3.8, 4) is 5.75 Å². The van der Waals surface area contributed by atoms with E-state index >= 15 is 0 Å². The number of carbonyl (C=O) groups excluding carboxylic acids is 1. The maximum Gasteiger partial charge on any atom is 0.417 e. The average molecular weight is 349 g/mol. The molecule has 132 valence electrons. The lowest BCUT2D eigenvalue weighted by atomic mass is 10.1. The SMILES string of the molecule is COc1ccccc1CCNC(=O)/C=C(/c1ccccc1)C(F)(F)F. The molecule has 2 rings (SSSR count). The summed E-state index contributed by atoms with van der Waals surface area (Å²) in [5, 5.41) is 2.48. The molecule has 6 heteroatoms. The minimum absolute atomic E-state index is 0.0464. The van der Waals surface area contributed by atoms with Crippen molar-refractivity contribution in [2.75, 3.05) is 13.7 Å². The van der Waals surface area contributed by atoms with Crippen LogP contribution in [0.2, 0.25) is 0 Å². The van der Waals surface area contributed by atoms with Crippen LogP contribution in [-0.4, -0.2) is 25.7 Å². The second-order valence-electron chi connectivity index (χ2n) is 5.27. The molecule has 0 aliphatic heterocycles. The molecule has 0 unspecified atom stereocenters. The van der Waals surface area contributed by atoms with Gasteiger partial charge in [0, 0.05) is 12.6 Å². The fourth-order valence-corrected chi connectivity index (χ4v) is 2.36. The summed E-state index contributed by atoms with van der Waals surface area (Å²) in [6.45, 7) is 0.204. The Balaban J connectivity index is 2.04. The summed E-state index contributed by atoms with van der Waals surface area (Å²) in [7, 11) is 1.54. The third kappa shape index (κ3) is 5.38. The predicted octanol–water partition coefficient (Wildman–Crippen LogP) is 4.00. The molecule has 1 amide bonds. The highest BCUT2D eigenvalue weighted by Crippen LogP contribution is 2.33. The van der Waals surface area contributed by atoms with Crippen LogP contribution in [0.25, 0.3) is 5.57 Å². The Morgan fingerprint density at radius 3 is 2.36 bits per heavy atom. The van der Waals surface area contributed by atoms with Gasteiger partial charge in [-0.2, -0.15) is 13.2 Å². The number of allylic oxidation sites excluding steroid dienone is 1.